The number of amides is 1. The van der Waals surface area contributed by atoms with Gasteiger partial charge in [0, 0.05) is 29.2 Å². The SMILES string of the molecule is COc1ccc(CNC(=O)c2ccc(-n3c(C)cc4c3CCCC4)cc2)cc1. The molecule has 0 aliphatic heterocycles. The smallest absolute Gasteiger partial charge is 0.251 e. The summed E-state index contributed by atoms with van der Waals surface area (Å²) in [6, 6.07) is 17.9. The zero-order chi connectivity index (χ0) is 19.5. The molecular formula is C24H26N2O2. The Balaban J connectivity index is 1.45. The van der Waals surface area contributed by atoms with Crippen LogP contribution in [-0.4, -0.2) is 17.6 Å². The molecule has 1 heterocycles. The monoisotopic (exact) mass is 374 g/mol. The summed E-state index contributed by atoms with van der Waals surface area (Å²) in [7, 11) is 1.64. The van der Waals surface area contributed by atoms with Crippen molar-refractivity contribution in [2.75, 3.05) is 7.11 Å². The van der Waals surface area contributed by atoms with Crippen LogP contribution in [0.5, 0.6) is 5.75 Å². The van der Waals surface area contributed by atoms with Crippen LogP contribution in [0, 0.1) is 6.92 Å². The van der Waals surface area contributed by atoms with Gasteiger partial charge >= 0.3 is 0 Å². The van der Waals surface area contributed by atoms with Crippen LogP contribution < -0.4 is 10.1 Å². The summed E-state index contributed by atoms with van der Waals surface area (Å²) in [4.78, 5) is 12.5. The average molecular weight is 374 g/mol. The summed E-state index contributed by atoms with van der Waals surface area (Å²) in [5.41, 5.74) is 7.03. The molecule has 0 unspecified atom stereocenters. The standard InChI is InChI=1S/C24H26N2O2/c1-17-15-20-5-3-4-6-23(20)26(17)21-11-9-19(10-12-21)24(27)25-16-18-7-13-22(28-2)14-8-18/h7-15H,3-6,16H2,1-2H3,(H,25,27). The number of hydrogen-bond acceptors (Lipinski definition) is 2. The fourth-order valence-electron chi connectivity index (χ4n) is 4.00. The van der Waals surface area contributed by atoms with E-state index in [1.807, 2.05) is 48.5 Å². The normalized spacial score (nSPS) is 13.1. The Bertz CT molecular complexity index is 969. The fraction of sp³-hybridized carbons (Fsp3) is 0.292. The molecule has 0 bridgehead atoms. The second-order valence-corrected chi connectivity index (χ2v) is 7.38. The fourth-order valence-corrected chi connectivity index (χ4v) is 4.00. The van der Waals surface area contributed by atoms with E-state index < -0.39 is 0 Å². The molecule has 2 aromatic carbocycles. The Morgan fingerprint density at radius 2 is 1.75 bits per heavy atom. The summed E-state index contributed by atoms with van der Waals surface area (Å²) in [5, 5.41) is 2.98. The van der Waals surface area contributed by atoms with Crippen molar-refractivity contribution >= 4 is 5.91 Å². The highest BCUT2D eigenvalue weighted by Gasteiger charge is 2.17. The summed E-state index contributed by atoms with van der Waals surface area (Å²) in [6.07, 6.45) is 4.84. The maximum atomic E-state index is 12.5. The molecule has 144 valence electrons. The number of hydrogen-bond donors (Lipinski definition) is 1. The Morgan fingerprint density at radius 1 is 1.04 bits per heavy atom. The molecule has 1 amide bonds. The number of methoxy groups -OCH3 is 1. The van der Waals surface area contributed by atoms with Gasteiger partial charge in [-0.2, -0.15) is 0 Å². The number of carbonyl (C=O) groups excluding carboxylic acids is 1. The molecule has 4 rings (SSSR count). The molecule has 0 saturated heterocycles. The van der Waals surface area contributed by atoms with Gasteiger partial charge in [-0.1, -0.05) is 12.1 Å². The molecule has 0 radical (unpaired) electrons. The molecule has 28 heavy (non-hydrogen) atoms. The third-order valence-corrected chi connectivity index (χ3v) is 5.49. The highest BCUT2D eigenvalue weighted by atomic mass is 16.5. The number of carbonyl (C=O) groups is 1. The third-order valence-electron chi connectivity index (χ3n) is 5.49. The van der Waals surface area contributed by atoms with Crippen LogP contribution in [-0.2, 0) is 19.4 Å². The van der Waals surface area contributed by atoms with Gasteiger partial charge in [0.1, 0.15) is 5.75 Å². The number of rotatable bonds is 5. The van der Waals surface area contributed by atoms with Gasteiger partial charge < -0.3 is 14.6 Å². The molecule has 3 aromatic rings. The van der Waals surface area contributed by atoms with E-state index in [0.29, 0.717) is 12.1 Å². The predicted octanol–water partition coefficient (Wildman–Crippen LogP) is 4.60. The summed E-state index contributed by atoms with van der Waals surface area (Å²) in [5.74, 6) is 0.752. The van der Waals surface area contributed by atoms with Crippen molar-refractivity contribution in [1.82, 2.24) is 9.88 Å². The first-order valence-electron chi connectivity index (χ1n) is 9.87. The molecular weight excluding hydrogens is 348 g/mol. The van der Waals surface area contributed by atoms with Gasteiger partial charge in [0.2, 0.25) is 0 Å². The van der Waals surface area contributed by atoms with Crippen LogP contribution in [0.3, 0.4) is 0 Å². The van der Waals surface area contributed by atoms with Crippen molar-refractivity contribution in [1.29, 1.82) is 0 Å². The number of nitrogens with zero attached hydrogens (tertiary/aromatic N) is 1. The summed E-state index contributed by atoms with van der Waals surface area (Å²) in [6.45, 7) is 2.66. The minimum absolute atomic E-state index is 0.0615. The lowest BCUT2D eigenvalue weighted by molar-refractivity contribution is 0.0951. The van der Waals surface area contributed by atoms with Gasteiger partial charge in [-0.25, -0.2) is 0 Å². The van der Waals surface area contributed by atoms with E-state index in [1.165, 1.54) is 36.2 Å². The minimum Gasteiger partial charge on any atom is -0.497 e. The topological polar surface area (TPSA) is 43.3 Å². The van der Waals surface area contributed by atoms with Gasteiger partial charge in [0.05, 0.1) is 7.11 Å². The Labute approximate surface area is 166 Å². The quantitative estimate of drug-likeness (QED) is 0.709. The van der Waals surface area contributed by atoms with Gasteiger partial charge in [0.15, 0.2) is 0 Å². The summed E-state index contributed by atoms with van der Waals surface area (Å²) < 4.78 is 7.50. The zero-order valence-corrected chi connectivity index (χ0v) is 16.5. The second kappa shape index (κ2) is 7.93. The van der Waals surface area contributed by atoms with E-state index in [0.717, 1.165) is 23.4 Å². The van der Waals surface area contributed by atoms with Gasteiger partial charge in [-0.3, -0.25) is 4.79 Å². The van der Waals surface area contributed by atoms with E-state index in [4.69, 9.17) is 4.74 Å². The maximum Gasteiger partial charge on any atom is 0.251 e. The van der Waals surface area contributed by atoms with Gasteiger partial charge in [-0.05, 0) is 86.2 Å². The molecule has 0 atom stereocenters. The molecule has 1 aliphatic rings. The van der Waals surface area contributed by atoms with Crippen molar-refractivity contribution < 1.29 is 9.53 Å². The molecule has 1 N–H and O–H groups in total. The first-order valence-corrected chi connectivity index (χ1v) is 9.87. The van der Waals surface area contributed by atoms with Crippen LogP contribution in [0.2, 0.25) is 0 Å². The lowest BCUT2D eigenvalue weighted by atomic mass is 9.98. The number of fused-ring (bicyclic) bond motifs is 1. The van der Waals surface area contributed by atoms with Crippen LogP contribution in [0.15, 0.2) is 54.6 Å². The van der Waals surface area contributed by atoms with E-state index in [9.17, 15) is 4.79 Å². The van der Waals surface area contributed by atoms with Crippen LogP contribution in [0.4, 0.5) is 0 Å². The van der Waals surface area contributed by atoms with E-state index >= 15 is 0 Å². The van der Waals surface area contributed by atoms with Crippen molar-refractivity contribution in [2.45, 2.75) is 39.2 Å². The van der Waals surface area contributed by atoms with Gasteiger partial charge in [-0.15, -0.1) is 0 Å². The lowest BCUT2D eigenvalue weighted by Gasteiger charge is -2.17. The van der Waals surface area contributed by atoms with E-state index in [2.05, 4.69) is 22.9 Å². The Hall–Kier alpha value is -3.01. The molecule has 1 aromatic heterocycles. The van der Waals surface area contributed by atoms with Crippen LogP contribution in [0.25, 0.3) is 5.69 Å². The molecule has 0 spiro atoms. The number of aryl methyl sites for hydroxylation is 2. The summed E-state index contributed by atoms with van der Waals surface area (Å²) >= 11 is 0. The van der Waals surface area contributed by atoms with Crippen molar-refractivity contribution in [3.63, 3.8) is 0 Å². The number of aromatic nitrogens is 1. The van der Waals surface area contributed by atoms with E-state index in [-0.39, 0.29) is 5.91 Å². The number of benzene rings is 2. The molecule has 4 nitrogen and oxygen atoms in total. The molecule has 4 heteroatoms. The van der Waals surface area contributed by atoms with Crippen LogP contribution >= 0.6 is 0 Å². The van der Waals surface area contributed by atoms with Crippen LogP contribution in [0.1, 0.15) is 45.7 Å². The van der Waals surface area contributed by atoms with Crippen molar-refractivity contribution in [2.24, 2.45) is 0 Å². The Morgan fingerprint density at radius 3 is 2.46 bits per heavy atom. The lowest BCUT2D eigenvalue weighted by Crippen LogP contribution is -2.22. The second-order valence-electron chi connectivity index (χ2n) is 7.38. The van der Waals surface area contributed by atoms with Crippen molar-refractivity contribution in [3.05, 3.63) is 82.7 Å². The Kier molecular flexibility index (Phi) is 5.20. The molecule has 0 fully saturated rings. The molecule has 0 saturated carbocycles. The number of ether oxygens (including phenoxy) is 1. The predicted molar refractivity (Wildman–Crippen MR) is 111 cm³/mol. The minimum atomic E-state index is -0.0615. The largest absolute Gasteiger partial charge is 0.497 e. The van der Waals surface area contributed by atoms with E-state index in [1.54, 1.807) is 7.11 Å². The highest BCUT2D eigenvalue weighted by molar-refractivity contribution is 5.94. The third kappa shape index (κ3) is 3.68. The maximum absolute atomic E-state index is 12.5. The molecule has 1 aliphatic carbocycles. The number of nitrogens with one attached hydrogen (secondary N) is 1. The first kappa shape index (κ1) is 18.4. The van der Waals surface area contributed by atoms with Gasteiger partial charge in [0.25, 0.3) is 5.91 Å². The average Bonchev–Trinajstić information content (AvgIpc) is 3.08. The highest BCUT2D eigenvalue weighted by Crippen LogP contribution is 2.28. The first-order chi connectivity index (χ1) is 13.7. The van der Waals surface area contributed by atoms with Crippen molar-refractivity contribution in [3.8, 4) is 11.4 Å². The zero-order valence-electron chi connectivity index (χ0n) is 16.5.